The molecule has 2 aliphatic rings. The Balaban J connectivity index is 1.35. The van der Waals surface area contributed by atoms with Crippen LogP contribution in [0, 0.1) is 6.92 Å². The van der Waals surface area contributed by atoms with Gasteiger partial charge >= 0.3 is 5.51 Å². The van der Waals surface area contributed by atoms with E-state index in [0.29, 0.717) is 36.7 Å². The second-order valence-electron chi connectivity index (χ2n) is 9.00. The van der Waals surface area contributed by atoms with Gasteiger partial charge in [-0.15, -0.1) is 0 Å². The first-order valence-corrected chi connectivity index (χ1v) is 12.6. The lowest BCUT2D eigenvalue weighted by Gasteiger charge is -2.31. The lowest BCUT2D eigenvalue weighted by Crippen LogP contribution is -2.43. The van der Waals surface area contributed by atoms with E-state index in [2.05, 4.69) is 15.3 Å². The Bertz CT molecular complexity index is 1010. The van der Waals surface area contributed by atoms with E-state index >= 15 is 0 Å². The highest BCUT2D eigenvalue weighted by Crippen LogP contribution is 2.38. The molecule has 0 aliphatic carbocycles. The number of aromatic nitrogens is 2. The summed E-state index contributed by atoms with van der Waals surface area (Å²) >= 11 is -0.120. The number of nitrogens with zero attached hydrogens (tertiary/aromatic N) is 3. The molecule has 4 rings (SSSR count). The highest BCUT2D eigenvalue weighted by atomic mass is 32.2. The molecule has 35 heavy (non-hydrogen) atoms. The van der Waals surface area contributed by atoms with Crippen molar-refractivity contribution in [1.82, 2.24) is 14.9 Å². The molecule has 0 spiro atoms. The van der Waals surface area contributed by atoms with Crippen molar-refractivity contribution in [3.05, 3.63) is 47.4 Å². The number of nitrogens with two attached hydrogens (primary N) is 1. The lowest BCUT2D eigenvalue weighted by molar-refractivity contribution is -0.0442. The van der Waals surface area contributed by atoms with Gasteiger partial charge in [0.05, 0.1) is 12.2 Å². The molecule has 2 fully saturated rings. The van der Waals surface area contributed by atoms with Crippen molar-refractivity contribution < 1.29 is 22.7 Å². The first-order valence-electron chi connectivity index (χ1n) is 11.8. The standard InChI is InChI=1S/C24H30F3N5O2S/c1-15-21(23(33)32-11-9-17(28)10-12-32)30-14-31-22(15)29-13-18-3-2-4-20(34-18)16-5-7-19(8-6-16)35-24(25,26)27/h5-8,14,17-18,20H,2-4,9-13,28H2,1H3,(H,29,30,31)/t18-,20+/m1/s1. The maximum Gasteiger partial charge on any atom is 0.446 e. The van der Waals surface area contributed by atoms with Gasteiger partial charge < -0.3 is 20.7 Å². The molecule has 1 aromatic heterocycles. The van der Waals surface area contributed by atoms with Crippen molar-refractivity contribution in [1.29, 1.82) is 0 Å². The number of carbonyl (C=O) groups excluding carboxylic acids is 1. The summed E-state index contributed by atoms with van der Waals surface area (Å²) in [6.07, 6.45) is 5.31. The number of hydrogen-bond acceptors (Lipinski definition) is 7. The molecule has 0 bridgehead atoms. The monoisotopic (exact) mass is 509 g/mol. The summed E-state index contributed by atoms with van der Waals surface area (Å²) < 4.78 is 44.0. The van der Waals surface area contributed by atoms with Gasteiger partial charge in [0.2, 0.25) is 0 Å². The third kappa shape index (κ3) is 6.86. The van der Waals surface area contributed by atoms with Crippen LogP contribution in [0.4, 0.5) is 19.0 Å². The summed E-state index contributed by atoms with van der Waals surface area (Å²) in [7, 11) is 0. The van der Waals surface area contributed by atoms with Crippen LogP contribution < -0.4 is 11.1 Å². The number of carbonyl (C=O) groups is 1. The van der Waals surface area contributed by atoms with E-state index in [1.807, 2.05) is 6.92 Å². The molecule has 0 radical (unpaired) electrons. The molecule has 2 aromatic rings. The predicted octanol–water partition coefficient (Wildman–Crippen LogP) is 4.68. The number of likely N-dealkylation sites (tertiary alicyclic amines) is 1. The lowest BCUT2D eigenvalue weighted by atomic mass is 9.98. The van der Waals surface area contributed by atoms with Gasteiger partial charge in [-0.25, -0.2) is 9.97 Å². The smallest absolute Gasteiger partial charge is 0.368 e. The SMILES string of the molecule is Cc1c(NC[C@H]2CCC[C@@H](c3ccc(SC(F)(F)F)cc3)O2)ncnc1C(=O)N1CCC(N)CC1. The summed E-state index contributed by atoms with van der Waals surface area (Å²) in [5, 5.41) is 3.30. The second kappa shape index (κ2) is 11.1. The molecule has 190 valence electrons. The number of anilines is 1. The fourth-order valence-electron chi connectivity index (χ4n) is 4.49. The number of halogens is 3. The molecule has 2 aliphatic heterocycles. The predicted molar refractivity (Wildman–Crippen MR) is 128 cm³/mol. The fourth-order valence-corrected chi connectivity index (χ4v) is 5.03. The molecule has 1 aromatic carbocycles. The van der Waals surface area contributed by atoms with Gasteiger partial charge in [0.1, 0.15) is 17.8 Å². The zero-order valence-electron chi connectivity index (χ0n) is 19.6. The number of ether oxygens (including phenoxy) is 1. The number of amides is 1. The van der Waals surface area contributed by atoms with Crippen molar-refractivity contribution >= 4 is 23.5 Å². The molecular formula is C24H30F3N5O2S. The van der Waals surface area contributed by atoms with Crippen LogP contribution in [0.25, 0.3) is 0 Å². The van der Waals surface area contributed by atoms with Crippen LogP contribution in [0.3, 0.4) is 0 Å². The third-order valence-corrected chi connectivity index (χ3v) is 7.18. The first kappa shape index (κ1) is 25.7. The molecule has 2 atom stereocenters. The van der Waals surface area contributed by atoms with Gasteiger partial charge in [-0.1, -0.05) is 12.1 Å². The van der Waals surface area contributed by atoms with Crippen molar-refractivity contribution in [3.8, 4) is 0 Å². The largest absolute Gasteiger partial charge is 0.446 e. The van der Waals surface area contributed by atoms with Crippen LogP contribution in [0.5, 0.6) is 0 Å². The van der Waals surface area contributed by atoms with Gasteiger partial charge in [-0.2, -0.15) is 13.2 Å². The van der Waals surface area contributed by atoms with Crippen molar-refractivity contribution in [2.45, 2.75) is 67.7 Å². The molecule has 3 heterocycles. The molecule has 7 nitrogen and oxygen atoms in total. The summed E-state index contributed by atoms with van der Waals surface area (Å²) in [5.74, 6) is 0.484. The van der Waals surface area contributed by atoms with Crippen LogP contribution in [0.1, 0.15) is 59.8 Å². The maximum atomic E-state index is 13.0. The van der Waals surface area contributed by atoms with E-state index in [1.165, 1.54) is 18.5 Å². The molecule has 0 unspecified atom stereocenters. The normalized spacial score (nSPS) is 21.7. The van der Waals surface area contributed by atoms with Crippen molar-refractivity contribution in [3.63, 3.8) is 0 Å². The molecule has 0 saturated carbocycles. The minimum absolute atomic E-state index is 0.0879. The van der Waals surface area contributed by atoms with Gasteiger partial charge in [0.15, 0.2) is 0 Å². The number of nitrogens with one attached hydrogen (secondary N) is 1. The Morgan fingerprint density at radius 1 is 1.17 bits per heavy atom. The van der Waals surface area contributed by atoms with Gasteiger partial charge in [0.25, 0.3) is 5.91 Å². The highest BCUT2D eigenvalue weighted by Gasteiger charge is 2.30. The van der Waals surface area contributed by atoms with E-state index in [9.17, 15) is 18.0 Å². The Morgan fingerprint density at radius 2 is 1.89 bits per heavy atom. The summed E-state index contributed by atoms with van der Waals surface area (Å²) in [5.41, 5.74) is 3.59. The minimum atomic E-state index is -4.30. The zero-order chi connectivity index (χ0) is 25.0. The molecule has 11 heteroatoms. The average molecular weight is 510 g/mol. The van der Waals surface area contributed by atoms with E-state index in [4.69, 9.17) is 10.5 Å². The number of benzene rings is 1. The summed E-state index contributed by atoms with van der Waals surface area (Å²) in [4.78, 5) is 23.5. The first-order chi connectivity index (χ1) is 16.7. The van der Waals surface area contributed by atoms with Crippen LogP contribution in [0.2, 0.25) is 0 Å². The minimum Gasteiger partial charge on any atom is -0.368 e. The maximum absolute atomic E-state index is 13.0. The van der Waals surface area contributed by atoms with E-state index in [-0.39, 0.29) is 40.8 Å². The Labute approximate surface area is 207 Å². The Morgan fingerprint density at radius 3 is 2.57 bits per heavy atom. The van der Waals surface area contributed by atoms with Crippen LogP contribution in [0.15, 0.2) is 35.5 Å². The number of thioether (sulfide) groups is 1. The molecule has 2 saturated heterocycles. The number of piperidine rings is 1. The van der Waals surface area contributed by atoms with Gasteiger partial charge in [-0.3, -0.25) is 4.79 Å². The Hall–Kier alpha value is -2.37. The topological polar surface area (TPSA) is 93.4 Å². The number of alkyl halides is 3. The summed E-state index contributed by atoms with van der Waals surface area (Å²) in [6, 6.07) is 6.51. The van der Waals surface area contributed by atoms with E-state index in [1.54, 1.807) is 17.0 Å². The quantitative estimate of drug-likeness (QED) is 0.546. The highest BCUT2D eigenvalue weighted by molar-refractivity contribution is 8.00. The number of rotatable bonds is 6. The Kier molecular flexibility index (Phi) is 8.18. The molecule has 3 N–H and O–H groups in total. The van der Waals surface area contributed by atoms with E-state index in [0.717, 1.165) is 37.7 Å². The molecule has 1 amide bonds. The van der Waals surface area contributed by atoms with Crippen LogP contribution in [-0.4, -0.2) is 58.1 Å². The van der Waals surface area contributed by atoms with Crippen LogP contribution >= 0.6 is 11.8 Å². The number of hydrogen-bond donors (Lipinski definition) is 2. The van der Waals surface area contributed by atoms with Crippen molar-refractivity contribution in [2.75, 3.05) is 25.0 Å². The third-order valence-electron chi connectivity index (χ3n) is 6.45. The molecular weight excluding hydrogens is 479 g/mol. The fraction of sp³-hybridized carbons (Fsp3) is 0.542. The summed E-state index contributed by atoms with van der Waals surface area (Å²) in [6.45, 7) is 3.58. The van der Waals surface area contributed by atoms with Gasteiger partial charge in [0, 0.05) is 36.1 Å². The zero-order valence-corrected chi connectivity index (χ0v) is 20.4. The van der Waals surface area contributed by atoms with E-state index < -0.39 is 5.51 Å². The van der Waals surface area contributed by atoms with Crippen molar-refractivity contribution in [2.24, 2.45) is 5.73 Å². The van der Waals surface area contributed by atoms with Gasteiger partial charge in [-0.05, 0) is 68.5 Å². The average Bonchev–Trinajstić information content (AvgIpc) is 2.83. The second-order valence-corrected chi connectivity index (χ2v) is 10.1. The van der Waals surface area contributed by atoms with Crippen LogP contribution in [-0.2, 0) is 4.74 Å².